The van der Waals surface area contributed by atoms with Crippen molar-refractivity contribution >= 4 is 11.6 Å². The number of carbonyl (C=O) groups is 1. The van der Waals surface area contributed by atoms with E-state index in [1.807, 2.05) is 74.0 Å². The number of carbonyl (C=O) groups excluding carboxylic acids is 1. The van der Waals surface area contributed by atoms with Gasteiger partial charge in [-0.05, 0) is 50.6 Å². The monoisotopic (exact) mass is 376 g/mol. The summed E-state index contributed by atoms with van der Waals surface area (Å²) in [5, 5.41) is 4.74. The zero-order valence-electron chi connectivity index (χ0n) is 17.5. The van der Waals surface area contributed by atoms with Crippen molar-refractivity contribution in [2.75, 3.05) is 26.0 Å². The van der Waals surface area contributed by atoms with Crippen molar-refractivity contribution in [3.63, 3.8) is 0 Å². The molecule has 3 rings (SSSR count). The normalized spacial score (nSPS) is 10.8. The van der Waals surface area contributed by atoms with Gasteiger partial charge >= 0.3 is 0 Å². The van der Waals surface area contributed by atoms with Crippen LogP contribution in [-0.2, 0) is 6.54 Å². The van der Waals surface area contributed by atoms with Gasteiger partial charge in [0.2, 0.25) is 0 Å². The van der Waals surface area contributed by atoms with Crippen LogP contribution >= 0.6 is 0 Å². The molecule has 146 valence electrons. The number of hydrogen-bond acceptors (Lipinski definition) is 3. The van der Waals surface area contributed by atoms with E-state index in [4.69, 9.17) is 5.10 Å². The molecule has 0 spiro atoms. The molecule has 2 aromatic carbocycles. The Hall–Kier alpha value is -3.08. The molecule has 0 saturated carbocycles. The Balaban J connectivity index is 1.87. The summed E-state index contributed by atoms with van der Waals surface area (Å²) in [4.78, 5) is 16.7. The Morgan fingerprint density at radius 3 is 2.39 bits per heavy atom. The van der Waals surface area contributed by atoms with E-state index in [0.717, 1.165) is 28.3 Å². The number of aryl methyl sites for hydroxylation is 2. The highest BCUT2D eigenvalue weighted by atomic mass is 16.2. The minimum Gasteiger partial charge on any atom is -0.378 e. The van der Waals surface area contributed by atoms with Gasteiger partial charge in [-0.3, -0.25) is 4.79 Å². The third-order valence-corrected chi connectivity index (χ3v) is 5.14. The molecule has 1 aromatic heterocycles. The van der Waals surface area contributed by atoms with Crippen molar-refractivity contribution in [2.24, 2.45) is 0 Å². The number of amides is 1. The summed E-state index contributed by atoms with van der Waals surface area (Å²) in [6.07, 6.45) is 0. The Morgan fingerprint density at radius 2 is 1.71 bits per heavy atom. The van der Waals surface area contributed by atoms with Crippen LogP contribution < -0.4 is 4.90 Å². The first-order valence-electron chi connectivity index (χ1n) is 9.43. The van der Waals surface area contributed by atoms with Gasteiger partial charge < -0.3 is 9.80 Å². The molecular formula is C23H28N4O. The van der Waals surface area contributed by atoms with Gasteiger partial charge in [0.25, 0.3) is 5.91 Å². The minimum atomic E-state index is 0.00569. The fourth-order valence-corrected chi connectivity index (χ4v) is 3.39. The molecule has 0 unspecified atom stereocenters. The zero-order valence-corrected chi connectivity index (χ0v) is 17.5. The number of anilines is 1. The lowest BCUT2D eigenvalue weighted by molar-refractivity contribution is 0.0785. The van der Waals surface area contributed by atoms with E-state index in [1.54, 1.807) is 4.90 Å². The first kappa shape index (κ1) is 19.7. The average Bonchev–Trinajstić information content (AvgIpc) is 2.95. The third kappa shape index (κ3) is 3.79. The summed E-state index contributed by atoms with van der Waals surface area (Å²) in [6.45, 7) is 6.67. The Labute approximate surface area is 167 Å². The van der Waals surface area contributed by atoms with E-state index in [1.165, 1.54) is 5.56 Å². The second kappa shape index (κ2) is 7.89. The van der Waals surface area contributed by atoms with E-state index in [2.05, 4.69) is 26.0 Å². The molecule has 1 amide bonds. The largest absolute Gasteiger partial charge is 0.378 e. The Bertz CT molecular complexity index is 1000. The lowest BCUT2D eigenvalue weighted by Gasteiger charge is -2.19. The first-order valence-corrected chi connectivity index (χ1v) is 9.43. The van der Waals surface area contributed by atoms with Crippen molar-refractivity contribution in [3.8, 4) is 5.69 Å². The number of rotatable bonds is 5. The van der Waals surface area contributed by atoms with Crippen LogP contribution in [0.15, 0.2) is 48.5 Å². The van der Waals surface area contributed by atoms with Gasteiger partial charge in [0.1, 0.15) is 0 Å². The van der Waals surface area contributed by atoms with Crippen LogP contribution in [0.2, 0.25) is 0 Å². The van der Waals surface area contributed by atoms with Crippen LogP contribution in [-0.4, -0.2) is 41.7 Å². The van der Waals surface area contributed by atoms with Crippen molar-refractivity contribution < 1.29 is 4.79 Å². The van der Waals surface area contributed by atoms with Gasteiger partial charge in [0.15, 0.2) is 0 Å². The number of hydrogen-bond donors (Lipinski definition) is 0. The van der Waals surface area contributed by atoms with Crippen molar-refractivity contribution in [3.05, 3.63) is 76.6 Å². The maximum Gasteiger partial charge on any atom is 0.253 e. The second-order valence-corrected chi connectivity index (χ2v) is 7.45. The molecule has 0 saturated heterocycles. The summed E-state index contributed by atoms with van der Waals surface area (Å²) >= 11 is 0. The molecule has 0 aliphatic carbocycles. The number of para-hydroxylation sites is 1. The lowest BCUT2D eigenvalue weighted by atomic mass is 10.1. The number of benzene rings is 2. The van der Waals surface area contributed by atoms with Crippen LogP contribution in [0.5, 0.6) is 0 Å². The smallest absolute Gasteiger partial charge is 0.253 e. The third-order valence-electron chi connectivity index (χ3n) is 5.14. The summed E-state index contributed by atoms with van der Waals surface area (Å²) in [5.74, 6) is 0.00569. The van der Waals surface area contributed by atoms with Gasteiger partial charge in [-0.15, -0.1) is 0 Å². The molecule has 5 nitrogen and oxygen atoms in total. The molecule has 0 fully saturated rings. The molecule has 5 heteroatoms. The van der Waals surface area contributed by atoms with E-state index in [9.17, 15) is 4.79 Å². The highest BCUT2D eigenvalue weighted by Crippen LogP contribution is 2.22. The molecule has 0 N–H and O–H groups in total. The standard InChI is InChI=1S/C23H28N4O/c1-16-10-7-8-13-22(16)27-18(3)21(17(2)24-27)15-26(6)23(28)19-11-9-12-20(14-19)25(4)5/h7-14H,15H2,1-6H3. The van der Waals surface area contributed by atoms with Gasteiger partial charge in [0.05, 0.1) is 11.4 Å². The molecule has 3 aromatic rings. The summed E-state index contributed by atoms with van der Waals surface area (Å²) in [6, 6.07) is 15.9. The van der Waals surface area contributed by atoms with Crippen LogP contribution in [0, 0.1) is 20.8 Å². The minimum absolute atomic E-state index is 0.00569. The second-order valence-electron chi connectivity index (χ2n) is 7.45. The Morgan fingerprint density at radius 1 is 1.00 bits per heavy atom. The molecule has 0 radical (unpaired) electrons. The van der Waals surface area contributed by atoms with Gasteiger partial charge in [-0.25, -0.2) is 4.68 Å². The Kier molecular flexibility index (Phi) is 5.54. The maximum atomic E-state index is 13.0. The maximum absolute atomic E-state index is 13.0. The van der Waals surface area contributed by atoms with Crippen molar-refractivity contribution in [1.29, 1.82) is 0 Å². The number of aromatic nitrogens is 2. The molecule has 0 aliphatic heterocycles. The number of nitrogens with zero attached hydrogens (tertiary/aromatic N) is 4. The van der Waals surface area contributed by atoms with E-state index >= 15 is 0 Å². The summed E-state index contributed by atoms with van der Waals surface area (Å²) in [5.41, 5.74) is 7.04. The molecule has 0 bridgehead atoms. The predicted molar refractivity (Wildman–Crippen MR) is 114 cm³/mol. The zero-order chi connectivity index (χ0) is 20.4. The highest BCUT2D eigenvalue weighted by molar-refractivity contribution is 5.95. The summed E-state index contributed by atoms with van der Waals surface area (Å²) in [7, 11) is 5.79. The SMILES string of the molecule is Cc1ccccc1-n1nc(C)c(CN(C)C(=O)c2cccc(N(C)C)c2)c1C. The molecule has 0 atom stereocenters. The van der Waals surface area contributed by atoms with Crippen molar-refractivity contribution in [1.82, 2.24) is 14.7 Å². The molecular weight excluding hydrogens is 348 g/mol. The van der Waals surface area contributed by atoms with Gasteiger partial charge in [0, 0.05) is 50.2 Å². The first-order chi connectivity index (χ1) is 13.3. The highest BCUT2D eigenvalue weighted by Gasteiger charge is 2.19. The van der Waals surface area contributed by atoms with Crippen LogP contribution in [0.3, 0.4) is 0 Å². The van der Waals surface area contributed by atoms with E-state index in [0.29, 0.717) is 12.1 Å². The lowest BCUT2D eigenvalue weighted by Crippen LogP contribution is -2.27. The topological polar surface area (TPSA) is 41.4 Å². The molecule has 28 heavy (non-hydrogen) atoms. The summed E-state index contributed by atoms with van der Waals surface area (Å²) < 4.78 is 1.98. The fourth-order valence-electron chi connectivity index (χ4n) is 3.39. The average molecular weight is 377 g/mol. The fraction of sp³-hybridized carbons (Fsp3) is 0.304. The van der Waals surface area contributed by atoms with Gasteiger partial charge in [-0.2, -0.15) is 5.10 Å². The quantitative estimate of drug-likeness (QED) is 0.672. The van der Waals surface area contributed by atoms with Crippen LogP contribution in [0.1, 0.15) is 32.9 Å². The van der Waals surface area contributed by atoms with Crippen LogP contribution in [0.4, 0.5) is 5.69 Å². The van der Waals surface area contributed by atoms with E-state index in [-0.39, 0.29) is 5.91 Å². The van der Waals surface area contributed by atoms with E-state index < -0.39 is 0 Å². The molecule has 0 aliphatic rings. The van der Waals surface area contributed by atoms with Crippen LogP contribution in [0.25, 0.3) is 5.69 Å². The molecule has 1 heterocycles. The van der Waals surface area contributed by atoms with Gasteiger partial charge in [-0.1, -0.05) is 24.3 Å². The predicted octanol–water partition coefficient (Wildman–Crippen LogP) is 4.14. The van der Waals surface area contributed by atoms with Crippen molar-refractivity contribution in [2.45, 2.75) is 27.3 Å².